The standard InChI is InChI=1S/C13H17FN4/c1-8(16)10-4-3-9(5-12(10)14)11-7-17-18(2)13(11)6-15/h3-5,7-8H,6,15-16H2,1-2H3. The van der Waals surface area contributed by atoms with Crippen molar-refractivity contribution >= 4 is 0 Å². The molecule has 18 heavy (non-hydrogen) atoms. The van der Waals surface area contributed by atoms with Crippen molar-refractivity contribution in [1.82, 2.24) is 9.78 Å². The van der Waals surface area contributed by atoms with E-state index < -0.39 is 0 Å². The summed E-state index contributed by atoms with van der Waals surface area (Å²) in [4.78, 5) is 0. The largest absolute Gasteiger partial charge is 0.325 e. The van der Waals surface area contributed by atoms with Crippen molar-refractivity contribution in [3.05, 3.63) is 41.5 Å². The van der Waals surface area contributed by atoms with Crippen LogP contribution in [0.25, 0.3) is 11.1 Å². The molecular formula is C13H17FN4. The van der Waals surface area contributed by atoms with Gasteiger partial charge in [0.05, 0.1) is 11.9 Å². The average molecular weight is 248 g/mol. The Morgan fingerprint density at radius 3 is 2.72 bits per heavy atom. The summed E-state index contributed by atoms with van der Waals surface area (Å²) in [6, 6.07) is 4.72. The predicted octanol–water partition coefficient (Wildman–Crippen LogP) is 1.70. The van der Waals surface area contributed by atoms with Crippen molar-refractivity contribution in [3.8, 4) is 11.1 Å². The summed E-state index contributed by atoms with van der Waals surface area (Å²) in [6.07, 6.45) is 1.70. The van der Waals surface area contributed by atoms with Gasteiger partial charge < -0.3 is 11.5 Å². The Bertz CT molecular complexity index is 560. The maximum atomic E-state index is 13.9. The Kier molecular flexibility index (Phi) is 3.45. The van der Waals surface area contributed by atoms with Crippen LogP contribution in [-0.2, 0) is 13.6 Å². The second-order valence-corrected chi connectivity index (χ2v) is 4.36. The van der Waals surface area contributed by atoms with Gasteiger partial charge in [-0.3, -0.25) is 4.68 Å². The highest BCUT2D eigenvalue weighted by Crippen LogP contribution is 2.26. The maximum absolute atomic E-state index is 13.9. The Hall–Kier alpha value is -1.72. The second kappa shape index (κ2) is 4.88. The van der Waals surface area contributed by atoms with E-state index in [4.69, 9.17) is 11.5 Å². The SMILES string of the molecule is CC(N)c1ccc(-c2cnn(C)c2CN)cc1F. The molecule has 5 heteroatoms. The molecule has 1 atom stereocenters. The normalized spacial score (nSPS) is 12.7. The number of halogens is 1. The molecule has 0 aliphatic rings. The van der Waals surface area contributed by atoms with Gasteiger partial charge in [0.2, 0.25) is 0 Å². The fourth-order valence-electron chi connectivity index (χ4n) is 2.01. The van der Waals surface area contributed by atoms with Crippen LogP contribution in [0.15, 0.2) is 24.4 Å². The molecular weight excluding hydrogens is 231 g/mol. The number of rotatable bonds is 3. The Morgan fingerprint density at radius 2 is 2.17 bits per heavy atom. The fraction of sp³-hybridized carbons (Fsp3) is 0.308. The van der Waals surface area contributed by atoms with E-state index in [1.165, 1.54) is 6.07 Å². The summed E-state index contributed by atoms with van der Waals surface area (Å²) in [5.74, 6) is -0.297. The van der Waals surface area contributed by atoms with Crippen molar-refractivity contribution in [2.75, 3.05) is 0 Å². The van der Waals surface area contributed by atoms with Crippen LogP contribution in [0, 0.1) is 5.82 Å². The van der Waals surface area contributed by atoms with Crippen LogP contribution in [0.5, 0.6) is 0 Å². The van der Waals surface area contributed by atoms with Crippen LogP contribution in [0.2, 0.25) is 0 Å². The minimum atomic E-state index is -0.318. The van der Waals surface area contributed by atoms with E-state index >= 15 is 0 Å². The molecule has 0 saturated heterocycles. The Balaban J connectivity index is 2.49. The minimum absolute atomic E-state index is 0.297. The third-order valence-electron chi connectivity index (χ3n) is 3.06. The quantitative estimate of drug-likeness (QED) is 0.868. The van der Waals surface area contributed by atoms with Crippen LogP contribution in [-0.4, -0.2) is 9.78 Å². The number of nitrogens with two attached hydrogens (primary N) is 2. The molecule has 2 aromatic rings. The van der Waals surface area contributed by atoms with Gasteiger partial charge in [0.25, 0.3) is 0 Å². The smallest absolute Gasteiger partial charge is 0.128 e. The molecule has 0 aliphatic carbocycles. The molecule has 0 bridgehead atoms. The van der Waals surface area contributed by atoms with E-state index in [2.05, 4.69) is 5.10 Å². The third kappa shape index (κ3) is 2.14. The van der Waals surface area contributed by atoms with Gasteiger partial charge in [-0.05, 0) is 18.6 Å². The number of nitrogens with zero attached hydrogens (tertiary/aromatic N) is 2. The summed E-state index contributed by atoms with van der Waals surface area (Å²) < 4.78 is 15.6. The average Bonchev–Trinajstić information content (AvgIpc) is 2.69. The van der Waals surface area contributed by atoms with E-state index in [0.717, 1.165) is 16.8 Å². The van der Waals surface area contributed by atoms with Crippen molar-refractivity contribution in [2.24, 2.45) is 18.5 Å². The Labute approximate surface area is 105 Å². The molecule has 1 aromatic heterocycles. The van der Waals surface area contributed by atoms with E-state index in [-0.39, 0.29) is 11.9 Å². The molecule has 1 heterocycles. The minimum Gasteiger partial charge on any atom is -0.325 e. The second-order valence-electron chi connectivity index (χ2n) is 4.36. The topological polar surface area (TPSA) is 69.9 Å². The molecule has 0 radical (unpaired) electrons. The van der Waals surface area contributed by atoms with Crippen molar-refractivity contribution in [2.45, 2.75) is 19.5 Å². The van der Waals surface area contributed by atoms with E-state index in [1.807, 2.05) is 13.1 Å². The summed E-state index contributed by atoms with van der Waals surface area (Å²) in [5.41, 5.74) is 14.4. The van der Waals surface area contributed by atoms with E-state index in [9.17, 15) is 4.39 Å². The molecule has 0 fully saturated rings. The highest BCUT2D eigenvalue weighted by atomic mass is 19.1. The molecule has 1 aromatic carbocycles. The molecule has 0 saturated carbocycles. The van der Waals surface area contributed by atoms with Crippen LogP contribution in [0.3, 0.4) is 0 Å². The number of aromatic nitrogens is 2. The third-order valence-corrected chi connectivity index (χ3v) is 3.06. The van der Waals surface area contributed by atoms with Gasteiger partial charge >= 0.3 is 0 Å². The van der Waals surface area contributed by atoms with Gasteiger partial charge in [-0.2, -0.15) is 5.10 Å². The predicted molar refractivity (Wildman–Crippen MR) is 69.1 cm³/mol. The van der Waals surface area contributed by atoms with Gasteiger partial charge in [0.15, 0.2) is 0 Å². The lowest BCUT2D eigenvalue weighted by atomic mass is 10.0. The lowest BCUT2D eigenvalue weighted by molar-refractivity contribution is 0.594. The fourth-order valence-corrected chi connectivity index (χ4v) is 2.01. The van der Waals surface area contributed by atoms with Gasteiger partial charge in [-0.25, -0.2) is 4.39 Å². The molecule has 1 unspecified atom stereocenters. The van der Waals surface area contributed by atoms with Crippen LogP contribution >= 0.6 is 0 Å². The summed E-state index contributed by atoms with van der Waals surface area (Å²) >= 11 is 0. The Morgan fingerprint density at radius 1 is 1.44 bits per heavy atom. The summed E-state index contributed by atoms with van der Waals surface area (Å²) in [6.45, 7) is 2.12. The molecule has 2 rings (SSSR count). The molecule has 0 spiro atoms. The van der Waals surface area contributed by atoms with E-state index in [0.29, 0.717) is 12.1 Å². The van der Waals surface area contributed by atoms with Gasteiger partial charge in [0.1, 0.15) is 5.82 Å². The van der Waals surface area contributed by atoms with Crippen LogP contribution < -0.4 is 11.5 Å². The lowest BCUT2D eigenvalue weighted by Gasteiger charge is -2.09. The van der Waals surface area contributed by atoms with Gasteiger partial charge in [-0.1, -0.05) is 12.1 Å². The lowest BCUT2D eigenvalue weighted by Crippen LogP contribution is -2.08. The molecule has 4 N–H and O–H groups in total. The highest BCUT2D eigenvalue weighted by molar-refractivity contribution is 5.66. The number of benzene rings is 1. The summed E-state index contributed by atoms with van der Waals surface area (Å²) in [7, 11) is 1.82. The van der Waals surface area contributed by atoms with E-state index in [1.54, 1.807) is 23.9 Å². The number of aryl methyl sites for hydroxylation is 1. The first kappa shape index (κ1) is 12.7. The first-order valence-electron chi connectivity index (χ1n) is 5.81. The van der Waals surface area contributed by atoms with Crippen molar-refractivity contribution in [1.29, 1.82) is 0 Å². The van der Waals surface area contributed by atoms with Gasteiger partial charge in [-0.15, -0.1) is 0 Å². The molecule has 0 aliphatic heterocycles. The zero-order valence-electron chi connectivity index (χ0n) is 10.5. The zero-order valence-corrected chi connectivity index (χ0v) is 10.5. The van der Waals surface area contributed by atoms with Crippen molar-refractivity contribution < 1.29 is 4.39 Å². The molecule has 0 amide bonds. The first-order chi connectivity index (χ1) is 8.54. The summed E-state index contributed by atoms with van der Waals surface area (Å²) in [5, 5.41) is 4.14. The first-order valence-corrected chi connectivity index (χ1v) is 5.81. The van der Waals surface area contributed by atoms with Crippen LogP contribution in [0.1, 0.15) is 24.2 Å². The maximum Gasteiger partial charge on any atom is 0.128 e. The highest BCUT2D eigenvalue weighted by Gasteiger charge is 2.12. The van der Waals surface area contributed by atoms with Gasteiger partial charge in [0, 0.05) is 30.8 Å². The van der Waals surface area contributed by atoms with Crippen LogP contribution in [0.4, 0.5) is 4.39 Å². The molecule has 96 valence electrons. The monoisotopic (exact) mass is 248 g/mol. The number of hydrogen-bond acceptors (Lipinski definition) is 3. The molecule has 4 nitrogen and oxygen atoms in total. The zero-order chi connectivity index (χ0) is 13.3. The van der Waals surface area contributed by atoms with Crippen molar-refractivity contribution in [3.63, 3.8) is 0 Å². The number of hydrogen-bond donors (Lipinski definition) is 2.